The summed E-state index contributed by atoms with van der Waals surface area (Å²) >= 11 is 3.39. The molecule has 0 unspecified atom stereocenters. The zero-order valence-electron chi connectivity index (χ0n) is 15.7. The third-order valence-corrected chi connectivity index (χ3v) is 5.37. The summed E-state index contributed by atoms with van der Waals surface area (Å²) in [5.41, 5.74) is 2.93. The molecule has 0 atom stereocenters. The Hall–Kier alpha value is -3.18. The molecule has 146 valence electrons. The van der Waals surface area contributed by atoms with Crippen LogP contribution in [-0.2, 0) is 5.33 Å². The van der Waals surface area contributed by atoms with E-state index >= 15 is 0 Å². The molecule has 0 aliphatic carbocycles. The van der Waals surface area contributed by atoms with Crippen LogP contribution in [0.1, 0.15) is 31.8 Å². The van der Waals surface area contributed by atoms with E-state index in [0.29, 0.717) is 11.1 Å². The average Bonchev–Trinajstić information content (AvgIpc) is 2.73. The van der Waals surface area contributed by atoms with Crippen molar-refractivity contribution in [1.29, 1.82) is 0 Å². The van der Waals surface area contributed by atoms with Crippen molar-refractivity contribution in [1.82, 2.24) is 0 Å². The molecule has 0 aromatic heterocycles. The molecule has 0 saturated heterocycles. The van der Waals surface area contributed by atoms with Crippen LogP contribution in [0.3, 0.4) is 0 Å². The van der Waals surface area contributed by atoms with E-state index in [9.17, 15) is 9.59 Å². The lowest BCUT2D eigenvalue weighted by Crippen LogP contribution is -1.98. The zero-order chi connectivity index (χ0) is 21.0. The first-order valence-corrected chi connectivity index (χ1v) is 10.1. The fraction of sp³-hybridized carbons (Fsp3) is 0.0833. The van der Waals surface area contributed by atoms with Gasteiger partial charge in [-0.2, -0.15) is 0 Å². The summed E-state index contributed by atoms with van der Waals surface area (Å²) in [7, 11) is 0. The Morgan fingerprint density at radius 2 is 1.14 bits per heavy atom. The number of halogens is 1. The molecule has 0 aliphatic heterocycles. The molecule has 4 nitrogen and oxygen atoms in total. The SMILES string of the molecule is Cc1ccc(C(=O)O)c2ccccc12.O=C(O)c1ccc(CBr)c2ccccc12. The highest BCUT2D eigenvalue weighted by atomic mass is 79.9. The molecule has 5 heteroatoms. The van der Waals surface area contributed by atoms with Crippen LogP contribution < -0.4 is 0 Å². The molecule has 4 aromatic rings. The number of carboxylic acid groups (broad SMARTS) is 2. The van der Waals surface area contributed by atoms with Crippen LogP contribution in [-0.4, -0.2) is 22.2 Å². The largest absolute Gasteiger partial charge is 0.478 e. The molecule has 0 amide bonds. The summed E-state index contributed by atoms with van der Waals surface area (Å²) in [5, 5.41) is 22.3. The van der Waals surface area contributed by atoms with Crippen molar-refractivity contribution in [3.05, 3.63) is 95.1 Å². The summed E-state index contributed by atoms with van der Waals surface area (Å²) in [6, 6.07) is 22.1. The van der Waals surface area contributed by atoms with Gasteiger partial charge in [-0.25, -0.2) is 9.59 Å². The number of carboxylic acids is 2. The summed E-state index contributed by atoms with van der Waals surface area (Å²) < 4.78 is 0. The molecular weight excluding hydrogens is 432 g/mol. The lowest BCUT2D eigenvalue weighted by atomic mass is 10.0. The lowest BCUT2D eigenvalue weighted by Gasteiger charge is -2.06. The quantitative estimate of drug-likeness (QED) is 0.360. The maximum atomic E-state index is 11.0. The minimum absolute atomic E-state index is 0.357. The highest BCUT2D eigenvalue weighted by Gasteiger charge is 2.10. The van der Waals surface area contributed by atoms with Gasteiger partial charge in [-0.15, -0.1) is 0 Å². The summed E-state index contributed by atoms with van der Waals surface area (Å²) in [6.07, 6.45) is 0. The van der Waals surface area contributed by atoms with E-state index in [-0.39, 0.29) is 0 Å². The number of aryl methyl sites for hydroxylation is 1. The first-order chi connectivity index (χ1) is 13.9. The van der Waals surface area contributed by atoms with Crippen LogP contribution in [0, 0.1) is 6.92 Å². The molecule has 0 saturated carbocycles. The average molecular weight is 451 g/mol. The minimum atomic E-state index is -0.882. The summed E-state index contributed by atoms with van der Waals surface area (Å²) in [6.45, 7) is 1.98. The number of benzene rings is 4. The number of fused-ring (bicyclic) bond motifs is 2. The first kappa shape index (κ1) is 20.6. The minimum Gasteiger partial charge on any atom is -0.478 e. The van der Waals surface area contributed by atoms with Gasteiger partial charge in [0.05, 0.1) is 11.1 Å². The van der Waals surface area contributed by atoms with Crippen molar-refractivity contribution in [3.63, 3.8) is 0 Å². The molecule has 0 heterocycles. The van der Waals surface area contributed by atoms with Crippen molar-refractivity contribution in [2.24, 2.45) is 0 Å². The van der Waals surface area contributed by atoms with Gasteiger partial charge in [0.1, 0.15) is 0 Å². The topological polar surface area (TPSA) is 74.6 Å². The maximum absolute atomic E-state index is 11.0. The lowest BCUT2D eigenvalue weighted by molar-refractivity contribution is 0.0688. The van der Waals surface area contributed by atoms with Crippen LogP contribution in [0.2, 0.25) is 0 Å². The smallest absolute Gasteiger partial charge is 0.336 e. The van der Waals surface area contributed by atoms with E-state index in [4.69, 9.17) is 10.2 Å². The highest BCUT2D eigenvalue weighted by Crippen LogP contribution is 2.24. The van der Waals surface area contributed by atoms with Gasteiger partial charge in [0.2, 0.25) is 0 Å². The summed E-state index contributed by atoms with van der Waals surface area (Å²) in [5.74, 6) is -1.76. The third-order valence-electron chi connectivity index (χ3n) is 4.76. The number of carbonyl (C=O) groups is 2. The number of alkyl halides is 1. The number of aromatic carboxylic acids is 2. The normalized spacial score (nSPS) is 10.4. The molecule has 2 N–H and O–H groups in total. The third kappa shape index (κ3) is 4.30. The van der Waals surface area contributed by atoms with Crippen LogP contribution in [0.15, 0.2) is 72.8 Å². The first-order valence-electron chi connectivity index (χ1n) is 8.95. The van der Waals surface area contributed by atoms with E-state index in [2.05, 4.69) is 15.9 Å². The molecule has 29 heavy (non-hydrogen) atoms. The van der Waals surface area contributed by atoms with Crippen LogP contribution in [0.25, 0.3) is 21.5 Å². The standard InChI is InChI=1S/C12H9BrO2.C12H10O2/c13-7-8-5-6-11(12(14)15)10-4-2-1-3-9(8)10;1-8-6-7-11(12(13)14)10-5-3-2-4-9(8)10/h1-6H,7H2,(H,14,15);2-7H,1H3,(H,13,14). The Morgan fingerprint density at radius 3 is 1.66 bits per heavy atom. The summed E-state index contributed by atoms with van der Waals surface area (Å²) in [4.78, 5) is 21.9. The number of hydrogen-bond acceptors (Lipinski definition) is 2. The van der Waals surface area contributed by atoms with Crippen molar-refractivity contribution in [3.8, 4) is 0 Å². The molecule has 0 spiro atoms. The maximum Gasteiger partial charge on any atom is 0.336 e. The predicted molar refractivity (Wildman–Crippen MR) is 119 cm³/mol. The van der Waals surface area contributed by atoms with Crippen LogP contribution in [0.5, 0.6) is 0 Å². The number of hydrogen-bond donors (Lipinski definition) is 2. The monoisotopic (exact) mass is 450 g/mol. The molecule has 0 radical (unpaired) electrons. The van der Waals surface area contributed by atoms with Gasteiger partial charge in [0, 0.05) is 5.33 Å². The Morgan fingerprint density at radius 1 is 0.690 bits per heavy atom. The fourth-order valence-corrected chi connectivity index (χ4v) is 3.79. The van der Waals surface area contributed by atoms with Gasteiger partial charge in [-0.3, -0.25) is 0 Å². The molecule has 4 aromatic carbocycles. The van der Waals surface area contributed by atoms with Gasteiger partial charge < -0.3 is 10.2 Å². The second-order valence-corrected chi connectivity index (χ2v) is 7.10. The van der Waals surface area contributed by atoms with E-state index in [1.54, 1.807) is 12.1 Å². The van der Waals surface area contributed by atoms with E-state index in [1.807, 2.05) is 67.6 Å². The van der Waals surface area contributed by atoms with Gasteiger partial charge in [-0.1, -0.05) is 76.6 Å². The molecule has 0 fully saturated rings. The van der Waals surface area contributed by atoms with Gasteiger partial charge in [-0.05, 0) is 51.7 Å². The molecule has 4 rings (SSSR count). The molecule has 0 aliphatic rings. The highest BCUT2D eigenvalue weighted by molar-refractivity contribution is 9.08. The molecule has 0 bridgehead atoms. The van der Waals surface area contributed by atoms with Gasteiger partial charge in [0.25, 0.3) is 0 Å². The van der Waals surface area contributed by atoms with Crippen LogP contribution >= 0.6 is 15.9 Å². The fourth-order valence-electron chi connectivity index (χ4n) is 3.30. The Kier molecular flexibility index (Phi) is 6.29. The van der Waals surface area contributed by atoms with E-state index < -0.39 is 11.9 Å². The van der Waals surface area contributed by atoms with Crippen LogP contribution in [0.4, 0.5) is 0 Å². The molecular formula is C24H19BrO4. The predicted octanol–water partition coefficient (Wildman–Crippen LogP) is 6.28. The second-order valence-electron chi connectivity index (χ2n) is 6.54. The van der Waals surface area contributed by atoms with Crippen molar-refractivity contribution in [2.75, 3.05) is 0 Å². The van der Waals surface area contributed by atoms with E-state index in [0.717, 1.165) is 38.0 Å². The van der Waals surface area contributed by atoms with Gasteiger partial charge >= 0.3 is 11.9 Å². The number of rotatable bonds is 3. The van der Waals surface area contributed by atoms with Crippen molar-refractivity contribution >= 4 is 49.4 Å². The Labute approximate surface area is 176 Å². The Balaban J connectivity index is 0.000000166. The van der Waals surface area contributed by atoms with Crippen molar-refractivity contribution in [2.45, 2.75) is 12.3 Å². The van der Waals surface area contributed by atoms with Crippen molar-refractivity contribution < 1.29 is 19.8 Å². The van der Waals surface area contributed by atoms with E-state index in [1.165, 1.54) is 0 Å². The second kappa shape index (κ2) is 8.88. The van der Waals surface area contributed by atoms with Gasteiger partial charge in [0.15, 0.2) is 0 Å². The zero-order valence-corrected chi connectivity index (χ0v) is 17.3. The Bertz CT molecular complexity index is 1210.